The largest absolute Gasteiger partial charge is 0.478 e. The predicted molar refractivity (Wildman–Crippen MR) is 78.8 cm³/mol. The van der Waals surface area contributed by atoms with Crippen molar-refractivity contribution >= 4 is 23.3 Å². The molecule has 1 aromatic carbocycles. The van der Waals surface area contributed by atoms with Crippen molar-refractivity contribution in [1.82, 2.24) is 0 Å². The highest BCUT2D eigenvalue weighted by Crippen LogP contribution is 2.26. The Hall–Kier alpha value is -2.24. The number of anilines is 2. The number of aryl methyl sites for hydroxylation is 1. The summed E-state index contributed by atoms with van der Waals surface area (Å²) in [5.74, 6) is -1.24. The molecule has 0 spiro atoms. The van der Waals surface area contributed by atoms with Crippen LogP contribution in [0.5, 0.6) is 0 Å². The second-order valence-corrected chi connectivity index (χ2v) is 5.27. The standard InChI is InChI=1S/C14H21N3O3/c1-8(2)6-17(7-12(15)18)10-4-9(3)13(16)11(5-10)14(19)20/h4-5,8H,6-7,16H2,1-3H3,(H2,15,18)(H,19,20). The van der Waals surface area contributed by atoms with Crippen LogP contribution < -0.4 is 16.4 Å². The topological polar surface area (TPSA) is 110 Å². The van der Waals surface area contributed by atoms with E-state index < -0.39 is 11.9 Å². The molecule has 6 heteroatoms. The van der Waals surface area contributed by atoms with Gasteiger partial charge in [-0.05, 0) is 30.5 Å². The molecule has 20 heavy (non-hydrogen) atoms. The van der Waals surface area contributed by atoms with Crippen LogP contribution in [0, 0.1) is 12.8 Å². The Morgan fingerprint density at radius 1 is 1.35 bits per heavy atom. The number of benzene rings is 1. The van der Waals surface area contributed by atoms with Crippen molar-refractivity contribution in [2.45, 2.75) is 20.8 Å². The molecule has 0 saturated heterocycles. The van der Waals surface area contributed by atoms with Crippen LogP contribution in [0.25, 0.3) is 0 Å². The van der Waals surface area contributed by atoms with Crippen molar-refractivity contribution in [2.24, 2.45) is 11.7 Å². The van der Waals surface area contributed by atoms with Gasteiger partial charge in [0.25, 0.3) is 0 Å². The average molecular weight is 279 g/mol. The van der Waals surface area contributed by atoms with Gasteiger partial charge < -0.3 is 21.5 Å². The lowest BCUT2D eigenvalue weighted by Gasteiger charge is -2.26. The zero-order valence-corrected chi connectivity index (χ0v) is 12.0. The summed E-state index contributed by atoms with van der Waals surface area (Å²) >= 11 is 0. The van der Waals surface area contributed by atoms with E-state index >= 15 is 0 Å². The van der Waals surface area contributed by atoms with E-state index in [9.17, 15) is 9.59 Å². The number of rotatable bonds is 6. The highest BCUT2D eigenvalue weighted by Gasteiger charge is 2.17. The SMILES string of the molecule is Cc1cc(N(CC(N)=O)CC(C)C)cc(C(=O)O)c1N. The first-order valence-corrected chi connectivity index (χ1v) is 6.39. The van der Waals surface area contributed by atoms with Crippen molar-refractivity contribution in [3.05, 3.63) is 23.3 Å². The van der Waals surface area contributed by atoms with E-state index in [-0.39, 0.29) is 17.8 Å². The average Bonchev–Trinajstić information content (AvgIpc) is 2.29. The third kappa shape index (κ3) is 3.88. The van der Waals surface area contributed by atoms with Crippen LogP contribution in [0.4, 0.5) is 11.4 Å². The maximum absolute atomic E-state index is 11.2. The third-order valence-corrected chi connectivity index (χ3v) is 2.90. The molecule has 0 aliphatic carbocycles. The highest BCUT2D eigenvalue weighted by atomic mass is 16.4. The van der Waals surface area contributed by atoms with Crippen molar-refractivity contribution in [2.75, 3.05) is 23.7 Å². The molecule has 5 N–H and O–H groups in total. The van der Waals surface area contributed by atoms with Crippen molar-refractivity contribution in [3.63, 3.8) is 0 Å². The van der Waals surface area contributed by atoms with E-state index in [1.54, 1.807) is 17.9 Å². The Balaban J connectivity index is 3.25. The van der Waals surface area contributed by atoms with E-state index in [0.717, 1.165) is 0 Å². The Labute approximate surface area is 118 Å². The van der Waals surface area contributed by atoms with Crippen LogP contribution >= 0.6 is 0 Å². The van der Waals surface area contributed by atoms with Crippen LogP contribution in [0.1, 0.15) is 29.8 Å². The Morgan fingerprint density at radius 3 is 2.40 bits per heavy atom. The zero-order valence-electron chi connectivity index (χ0n) is 12.0. The number of carboxylic acid groups (broad SMARTS) is 1. The molecular formula is C14H21N3O3. The summed E-state index contributed by atoms with van der Waals surface area (Å²) in [6.45, 7) is 6.40. The number of primary amides is 1. The Bertz CT molecular complexity index is 527. The van der Waals surface area contributed by atoms with Crippen LogP contribution in [0.3, 0.4) is 0 Å². The van der Waals surface area contributed by atoms with E-state index in [1.807, 2.05) is 13.8 Å². The van der Waals surface area contributed by atoms with E-state index in [0.29, 0.717) is 23.7 Å². The number of nitrogens with two attached hydrogens (primary N) is 2. The maximum atomic E-state index is 11.2. The number of amides is 1. The lowest BCUT2D eigenvalue weighted by Crippen LogP contribution is -2.36. The minimum Gasteiger partial charge on any atom is -0.478 e. The van der Waals surface area contributed by atoms with Crippen LogP contribution in [0.2, 0.25) is 0 Å². The summed E-state index contributed by atoms with van der Waals surface area (Å²) in [6.07, 6.45) is 0. The fourth-order valence-electron chi connectivity index (χ4n) is 2.03. The molecule has 110 valence electrons. The maximum Gasteiger partial charge on any atom is 0.337 e. The number of hydrogen-bond donors (Lipinski definition) is 3. The molecule has 0 aliphatic rings. The summed E-state index contributed by atoms with van der Waals surface area (Å²) in [7, 11) is 0. The summed E-state index contributed by atoms with van der Waals surface area (Å²) < 4.78 is 0. The molecule has 0 fully saturated rings. The van der Waals surface area contributed by atoms with E-state index in [1.165, 1.54) is 6.07 Å². The quantitative estimate of drug-likeness (QED) is 0.678. The van der Waals surface area contributed by atoms with Crippen molar-refractivity contribution in [1.29, 1.82) is 0 Å². The Morgan fingerprint density at radius 2 is 1.95 bits per heavy atom. The van der Waals surface area contributed by atoms with Gasteiger partial charge in [-0.25, -0.2) is 4.79 Å². The van der Waals surface area contributed by atoms with Gasteiger partial charge in [-0.2, -0.15) is 0 Å². The van der Waals surface area contributed by atoms with Gasteiger partial charge in [-0.3, -0.25) is 4.79 Å². The van der Waals surface area contributed by atoms with Crippen LogP contribution in [0.15, 0.2) is 12.1 Å². The molecule has 0 saturated carbocycles. The molecule has 0 heterocycles. The lowest BCUT2D eigenvalue weighted by molar-refractivity contribution is -0.116. The summed E-state index contributed by atoms with van der Waals surface area (Å²) in [4.78, 5) is 24.1. The predicted octanol–water partition coefficient (Wildman–Crippen LogP) is 1.22. The first-order valence-electron chi connectivity index (χ1n) is 6.39. The minimum absolute atomic E-state index is 0.0400. The van der Waals surface area contributed by atoms with Gasteiger partial charge in [0.05, 0.1) is 12.1 Å². The van der Waals surface area contributed by atoms with Crippen LogP contribution in [-0.4, -0.2) is 30.1 Å². The molecule has 1 aromatic rings. The molecule has 0 aliphatic heterocycles. The van der Waals surface area contributed by atoms with Crippen LogP contribution in [-0.2, 0) is 4.79 Å². The highest BCUT2D eigenvalue weighted by molar-refractivity contribution is 5.96. The number of nitrogens with zero attached hydrogens (tertiary/aromatic N) is 1. The fraction of sp³-hybridized carbons (Fsp3) is 0.429. The first kappa shape index (κ1) is 15.8. The van der Waals surface area contributed by atoms with Gasteiger partial charge in [-0.15, -0.1) is 0 Å². The number of carboxylic acids is 1. The minimum atomic E-state index is -1.09. The molecule has 0 bridgehead atoms. The van der Waals surface area contributed by atoms with E-state index in [2.05, 4.69) is 0 Å². The molecule has 0 unspecified atom stereocenters. The van der Waals surface area contributed by atoms with Gasteiger partial charge in [0.15, 0.2) is 0 Å². The molecule has 0 radical (unpaired) electrons. The number of carbonyl (C=O) groups excluding carboxylic acids is 1. The molecule has 6 nitrogen and oxygen atoms in total. The molecule has 0 aromatic heterocycles. The zero-order chi connectivity index (χ0) is 15.4. The fourth-order valence-corrected chi connectivity index (χ4v) is 2.03. The number of hydrogen-bond acceptors (Lipinski definition) is 4. The second-order valence-electron chi connectivity index (χ2n) is 5.27. The summed E-state index contributed by atoms with van der Waals surface area (Å²) in [5, 5.41) is 9.17. The van der Waals surface area contributed by atoms with Crippen molar-refractivity contribution in [3.8, 4) is 0 Å². The van der Waals surface area contributed by atoms with Gasteiger partial charge in [-0.1, -0.05) is 13.8 Å². The number of nitrogen functional groups attached to an aromatic ring is 1. The molecular weight excluding hydrogens is 258 g/mol. The van der Waals surface area contributed by atoms with Gasteiger partial charge in [0.1, 0.15) is 0 Å². The second kappa shape index (κ2) is 6.27. The van der Waals surface area contributed by atoms with E-state index in [4.69, 9.17) is 16.6 Å². The van der Waals surface area contributed by atoms with Gasteiger partial charge in [0.2, 0.25) is 5.91 Å². The van der Waals surface area contributed by atoms with Crippen molar-refractivity contribution < 1.29 is 14.7 Å². The summed E-state index contributed by atoms with van der Waals surface area (Å²) in [6, 6.07) is 3.25. The van der Waals surface area contributed by atoms with Gasteiger partial charge >= 0.3 is 5.97 Å². The molecule has 1 rings (SSSR count). The number of carbonyl (C=O) groups is 2. The Kier molecular flexibility index (Phi) is 4.96. The lowest BCUT2D eigenvalue weighted by atomic mass is 10.1. The van der Waals surface area contributed by atoms with Gasteiger partial charge in [0, 0.05) is 17.9 Å². The normalized spacial score (nSPS) is 10.6. The third-order valence-electron chi connectivity index (χ3n) is 2.90. The molecule has 1 amide bonds. The smallest absolute Gasteiger partial charge is 0.337 e. The summed E-state index contributed by atoms with van der Waals surface area (Å²) in [5.41, 5.74) is 12.6. The first-order chi connectivity index (χ1) is 9.22. The molecule has 0 atom stereocenters. The number of aromatic carboxylic acids is 1. The monoisotopic (exact) mass is 279 g/mol.